The number of likely N-dealkylation sites (tertiary alicyclic amines) is 1. The van der Waals surface area contributed by atoms with Crippen molar-refractivity contribution in [2.45, 2.75) is 51.1 Å². The van der Waals surface area contributed by atoms with E-state index in [0.717, 1.165) is 25.9 Å². The van der Waals surface area contributed by atoms with Crippen molar-refractivity contribution in [3.63, 3.8) is 0 Å². The number of carbonyl (C=O) groups excluding carboxylic acids is 1. The first kappa shape index (κ1) is 17.4. The first-order chi connectivity index (χ1) is 9.36. The van der Waals surface area contributed by atoms with Crippen LogP contribution in [0.25, 0.3) is 0 Å². The van der Waals surface area contributed by atoms with Crippen LogP contribution in [0.5, 0.6) is 0 Å². The van der Waals surface area contributed by atoms with Gasteiger partial charge < -0.3 is 20.3 Å². The Hall–Kier alpha value is -0.650. The van der Waals surface area contributed by atoms with Crippen LogP contribution in [-0.4, -0.2) is 67.7 Å². The molecule has 1 aliphatic rings. The lowest BCUT2D eigenvalue weighted by atomic mass is 9.96. The van der Waals surface area contributed by atoms with E-state index in [-0.39, 0.29) is 5.97 Å². The summed E-state index contributed by atoms with van der Waals surface area (Å²) < 4.78 is 5.00. The van der Waals surface area contributed by atoms with E-state index in [1.165, 1.54) is 13.0 Å². The van der Waals surface area contributed by atoms with Crippen molar-refractivity contribution in [3.05, 3.63) is 0 Å². The van der Waals surface area contributed by atoms with Crippen LogP contribution in [0.1, 0.15) is 39.5 Å². The fourth-order valence-corrected chi connectivity index (χ4v) is 2.66. The summed E-state index contributed by atoms with van der Waals surface area (Å²) in [6.07, 6.45) is 4.00. The molecule has 0 aromatic heterocycles. The molecular weight excluding hydrogens is 254 g/mol. The Morgan fingerprint density at radius 2 is 2.15 bits per heavy atom. The number of carbonyl (C=O) groups is 1. The molecular formula is C15H31N3O2. The summed E-state index contributed by atoms with van der Waals surface area (Å²) in [6.45, 7) is 7.41. The quantitative estimate of drug-likeness (QED) is 0.534. The van der Waals surface area contributed by atoms with E-state index >= 15 is 0 Å². The Labute approximate surface area is 123 Å². The lowest BCUT2D eigenvalue weighted by Gasteiger charge is -2.23. The second kappa shape index (κ2) is 7.96. The van der Waals surface area contributed by atoms with Gasteiger partial charge in [-0.05, 0) is 66.7 Å². The number of nitrogens with zero attached hydrogens (tertiary/aromatic N) is 2. The molecule has 1 rings (SSSR count). The van der Waals surface area contributed by atoms with Gasteiger partial charge in [0.25, 0.3) is 0 Å². The fourth-order valence-electron chi connectivity index (χ4n) is 2.66. The fraction of sp³-hybridized carbons (Fsp3) is 0.933. The van der Waals surface area contributed by atoms with Crippen LogP contribution in [0.2, 0.25) is 0 Å². The smallest absolute Gasteiger partial charge is 0.325 e. The highest BCUT2D eigenvalue weighted by Crippen LogP contribution is 2.16. The van der Waals surface area contributed by atoms with Crippen LogP contribution in [-0.2, 0) is 9.53 Å². The zero-order chi connectivity index (χ0) is 15.2. The Balaban J connectivity index is 2.17. The third kappa shape index (κ3) is 5.38. The minimum absolute atomic E-state index is 0.283. The summed E-state index contributed by atoms with van der Waals surface area (Å²) in [7, 11) is 4.29. The normalized spacial score (nSPS) is 23.0. The number of rotatable bonds is 8. The molecule has 0 spiro atoms. The number of hydrogen-bond donors (Lipinski definition) is 1. The highest BCUT2D eigenvalue weighted by Gasteiger charge is 2.29. The number of unbranched alkanes of at least 4 members (excludes halogenated alkanes) is 1. The topological polar surface area (TPSA) is 58.8 Å². The average Bonchev–Trinajstić information content (AvgIpc) is 2.84. The highest BCUT2D eigenvalue weighted by atomic mass is 16.5. The van der Waals surface area contributed by atoms with Crippen molar-refractivity contribution in [2.75, 3.05) is 40.3 Å². The number of nitrogens with two attached hydrogens (primary N) is 1. The van der Waals surface area contributed by atoms with E-state index in [9.17, 15) is 4.79 Å². The molecule has 1 saturated heterocycles. The van der Waals surface area contributed by atoms with Crippen molar-refractivity contribution in [1.29, 1.82) is 0 Å². The number of ether oxygens (including phenoxy) is 1. The van der Waals surface area contributed by atoms with Crippen LogP contribution in [0.3, 0.4) is 0 Å². The second-order valence-corrected chi connectivity index (χ2v) is 6.30. The van der Waals surface area contributed by atoms with E-state index in [0.29, 0.717) is 19.1 Å². The van der Waals surface area contributed by atoms with E-state index in [1.54, 1.807) is 6.92 Å². The van der Waals surface area contributed by atoms with Gasteiger partial charge in [-0.2, -0.15) is 0 Å². The van der Waals surface area contributed by atoms with E-state index in [2.05, 4.69) is 23.9 Å². The maximum atomic E-state index is 11.7. The predicted octanol–water partition coefficient (Wildman–Crippen LogP) is 1.07. The summed E-state index contributed by atoms with van der Waals surface area (Å²) in [6, 6.07) is 0.689. The van der Waals surface area contributed by atoms with Gasteiger partial charge in [0.1, 0.15) is 5.54 Å². The van der Waals surface area contributed by atoms with Crippen molar-refractivity contribution < 1.29 is 9.53 Å². The Morgan fingerprint density at radius 1 is 1.45 bits per heavy atom. The first-order valence-corrected chi connectivity index (χ1v) is 7.71. The Morgan fingerprint density at radius 3 is 2.70 bits per heavy atom. The SMILES string of the molecule is CCOC(=O)C(C)(N)CCCCN1CCC(N(C)C)C1. The van der Waals surface area contributed by atoms with Crippen LogP contribution in [0, 0.1) is 0 Å². The molecule has 0 bridgehead atoms. The van der Waals surface area contributed by atoms with Crippen molar-refractivity contribution in [2.24, 2.45) is 5.73 Å². The van der Waals surface area contributed by atoms with Gasteiger partial charge in [0.05, 0.1) is 6.61 Å². The van der Waals surface area contributed by atoms with Crippen LogP contribution >= 0.6 is 0 Å². The number of esters is 1. The summed E-state index contributed by atoms with van der Waals surface area (Å²) in [4.78, 5) is 16.5. The molecule has 2 N–H and O–H groups in total. The van der Waals surface area contributed by atoms with Crippen LogP contribution < -0.4 is 5.73 Å². The molecule has 118 valence electrons. The lowest BCUT2D eigenvalue weighted by Crippen LogP contribution is -2.46. The molecule has 0 amide bonds. The predicted molar refractivity (Wildman–Crippen MR) is 81.6 cm³/mol. The van der Waals surface area contributed by atoms with Gasteiger partial charge in [-0.25, -0.2) is 0 Å². The summed E-state index contributed by atoms with van der Waals surface area (Å²) >= 11 is 0. The van der Waals surface area contributed by atoms with E-state index < -0.39 is 5.54 Å². The standard InChI is InChI=1S/C15H31N3O2/c1-5-20-14(19)15(2,16)9-6-7-10-18-11-8-13(12-18)17(3)4/h13H,5-12,16H2,1-4H3. The first-order valence-electron chi connectivity index (χ1n) is 7.71. The summed E-state index contributed by atoms with van der Waals surface area (Å²) in [5.74, 6) is -0.283. The third-order valence-electron chi connectivity index (χ3n) is 4.14. The van der Waals surface area contributed by atoms with Crippen molar-refractivity contribution in [3.8, 4) is 0 Å². The minimum Gasteiger partial charge on any atom is -0.465 e. The molecule has 1 aliphatic heterocycles. The maximum absolute atomic E-state index is 11.7. The molecule has 0 saturated carbocycles. The zero-order valence-electron chi connectivity index (χ0n) is 13.5. The molecule has 5 heteroatoms. The van der Waals surface area contributed by atoms with E-state index in [1.807, 2.05) is 6.92 Å². The molecule has 2 atom stereocenters. The molecule has 0 aromatic carbocycles. The third-order valence-corrected chi connectivity index (χ3v) is 4.14. The van der Waals surface area contributed by atoms with Gasteiger partial charge >= 0.3 is 5.97 Å². The average molecular weight is 285 g/mol. The number of hydrogen-bond acceptors (Lipinski definition) is 5. The van der Waals surface area contributed by atoms with Gasteiger partial charge in [-0.15, -0.1) is 0 Å². The maximum Gasteiger partial charge on any atom is 0.325 e. The molecule has 5 nitrogen and oxygen atoms in total. The molecule has 0 aliphatic carbocycles. The monoisotopic (exact) mass is 285 g/mol. The van der Waals surface area contributed by atoms with Gasteiger partial charge in [0, 0.05) is 12.6 Å². The van der Waals surface area contributed by atoms with Gasteiger partial charge in [-0.1, -0.05) is 0 Å². The lowest BCUT2D eigenvalue weighted by molar-refractivity contribution is -0.149. The largest absolute Gasteiger partial charge is 0.465 e. The van der Waals surface area contributed by atoms with Crippen LogP contribution in [0.4, 0.5) is 0 Å². The van der Waals surface area contributed by atoms with Gasteiger partial charge in [0.15, 0.2) is 0 Å². The molecule has 0 aromatic rings. The van der Waals surface area contributed by atoms with Crippen LogP contribution in [0.15, 0.2) is 0 Å². The zero-order valence-corrected chi connectivity index (χ0v) is 13.5. The van der Waals surface area contributed by atoms with Gasteiger partial charge in [-0.3, -0.25) is 4.79 Å². The Bertz CT molecular complexity index is 305. The summed E-state index contributed by atoms with van der Waals surface area (Å²) in [5, 5.41) is 0. The second-order valence-electron chi connectivity index (χ2n) is 6.30. The van der Waals surface area contributed by atoms with Crippen molar-refractivity contribution >= 4 is 5.97 Å². The molecule has 0 radical (unpaired) electrons. The Kier molecular flexibility index (Phi) is 6.92. The molecule has 1 heterocycles. The highest BCUT2D eigenvalue weighted by molar-refractivity contribution is 5.79. The minimum atomic E-state index is -0.840. The van der Waals surface area contributed by atoms with Crippen molar-refractivity contribution in [1.82, 2.24) is 9.80 Å². The van der Waals surface area contributed by atoms with E-state index in [4.69, 9.17) is 10.5 Å². The van der Waals surface area contributed by atoms with Gasteiger partial charge in [0.2, 0.25) is 0 Å². The molecule has 1 fully saturated rings. The molecule has 2 unspecified atom stereocenters. The molecule has 20 heavy (non-hydrogen) atoms. The number of likely N-dealkylation sites (N-methyl/N-ethyl adjacent to an activating group) is 1. The summed E-state index contributed by atoms with van der Waals surface area (Å²) in [5.41, 5.74) is 5.17.